The molecule has 0 aromatic carbocycles. The van der Waals surface area contributed by atoms with Crippen LogP contribution in [0.2, 0.25) is 5.02 Å². The van der Waals surface area contributed by atoms with Gasteiger partial charge in [0.25, 0.3) is 0 Å². The Morgan fingerprint density at radius 2 is 1.91 bits per heavy atom. The van der Waals surface area contributed by atoms with Gasteiger partial charge in [-0.3, -0.25) is 9.88 Å². The lowest BCUT2D eigenvalue weighted by Crippen LogP contribution is -2.57. The van der Waals surface area contributed by atoms with Crippen molar-refractivity contribution in [2.45, 2.75) is 18.8 Å². The Bertz CT molecular complexity index is 629. The summed E-state index contributed by atoms with van der Waals surface area (Å²) in [5, 5.41) is 3.67. The number of carbonyl (C=O) groups is 2. The van der Waals surface area contributed by atoms with Gasteiger partial charge in [0.2, 0.25) is 0 Å². The number of aromatic nitrogens is 1. The van der Waals surface area contributed by atoms with Crippen molar-refractivity contribution in [2.75, 3.05) is 24.5 Å². The van der Waals surface area contributed by atoms with Crippen LogP contribution < -0.4 is 10.2 Å². The van der Waals surface area contributed by atoms with Crippen molar-refractivity contribution in [1.82, 2.24) is 10.3 Å². The standard InChI is InChI=1S/C15H16ClN3O4/c16-11-8-12(10-18-9-11)19-7-1-5-17-6-4-15(19)22-13(20)2-3-14(21)23-15/h2-3,8-10,17H,1,4-7H2. The molecule has 1 saturated heterocycles. The van der Waals surface area contributed by atoms with E-state index in [-0.39, 0.29) is 0 Å². The van der Waals surface area contributed by atoms with Crippen LogP contribution in [0.15, 0.2) is 30.6 Å². The molecule has 122 valence electrons. The van der Waals surface area contributed by atoms with Gasteiger partial charge in [-0.2, -0.15) is 0 Å². The van der Waals surface area contributed by atoms with Crippen molar-refractivity contribution < 1.29 is 19.1 Å². The number of esters is 2. The minimum atomic E-state index is -1.52. The number of hydrogen-bond acceptors (Lipinski definition) is 7. The number of pyridine rings is 1. The molecule has 3 rings (SSSR count). The summed E-state index contributed by atoms with van der Waals surface area (Å²) < 4.78 is 11.0. The molecule has 1 fully saturated rings. The molecule has 0 amide bonds. The highest BCUT2D eigenvalue weighted by atomic mass is 35.5. The summed E-state index contributed by atoms with van der Waals surface area (Å²) in [5.41, 5.74) is 0.627. The summed E-state index contributed by atoms with van der Waals surface area (Å²) in [6.07, 6.45) is 6.31. The fraction of sp³-hybridized carbons (Fsp3) is 0.400. The van der Waals surface area contributed by atoms with Crippen LogP contribution >= 0.6 is 11.6 Å². The number of rotatable bonds is 1. The average Bonchev–Trinajstić information content (AvgIpc) is 2.63. The fourth-order valence-corrected chi connectivity index (χ4v) is 2.83. The van der Waals surface area contributed by atoms with Crippen molar-refractivity contribution in [2.24, 2.45) is 0 Å². The normalized spacial score (nSPS) is 21.2. The van der Waals surface area contributed by atoms with Crippen LogP contribution in [-0.4, -0.2) is 42.5 Å². The summed E-state index contributed by atoms with van der Waals surface area (Å²) in [6.45, 7) is 1.85. The highest BCUT2D eigenvalue weighted by molar-refractivity contribution is 6.30. The molecule has 0 radical (unpaired) electrons. The Labute approximate surface area is 138 Å². The summed E-state index contributed by atoms with van der Waals surface area (Å²) >= 11 is 6.02. The number of halogens is 1. The van der Waals surface area contributed by atoms with Crippen LogP contribution in [0.25, 0.3) is 0 Å². The van der Waals surface area contributed by atoms with Crippen LogP contribution in [-0.2, 0) is 19.1 Å². The first-order valence-corrected chi connectivity index (χ1v) is 7.70. The zero-order valence-corrected chi connectivity index (χ0v) is 13.1. The molecular weight excluding hydrogens is 322 g/mol. The lowest BCUT2D eigenvalue weighted by atomic mass is 10.2. The van der Waals surface area contributed by atoms with E-state index >= 15 is 0 Å². The summed E-state index contributed by atoms with van der Waals surface area (Å²) in [5.74, 6) is -2.77. The third kappa shape index (κ3) is 3.46. The third-order valence-electron chi connectivity index (χ3n) is 3.64. The topological polar surface area (TPSA) is 80.8 Å². The Kier molecular flexibility index (Phi) is 4.49. The predicted octanol–water partition coefficient (Wildman–Crippen LogP) is 1.23. The van der Waals surface area contributed by atoms with E-state index < -0.39 is 17.8 Å². The molecule has 2 aliphatic heterocycles. The van der Waals surface area contributed by atoms with E-state index in [1.807, 2.05) is 0 Å². The lowest BCUT2D eigenvalue weighted by molar-refractivity contribution is -0.223. The molecular formula is C15H16ClN3O4. The maximum atomic E-state index is 11.9. The molecule has 0 atom stereocenters. The third-order valence-corrected chi connectivity index (χ3v) is 3.85. The molecule has 0 saturated carbocycles. The fourth-order valence-electron chi connectivity index (χ4n) is 2.66. The number of nitrogens with zero attached hydrogens (tertiary/aromatic N) is 2. The first-order valence-electron chi connectivity index (χ1n) is 7.32. The molecule has 1 N–H and O–H groups in total. The van der Waals surface area contributed by atoms with Crippen LogP contribution in [0.1, 0.15) is 12.8 Å². The smallest absolute Gasteiger partial charge is 0.344 e. The van der Waals surface area contributed by atoms with Crippen molar-refractivity contribution in [3.63, 3.8) is 0 Å². The molecule has 0 bridgehead atoms. The molecule has 0 aliphatic carbocycles. The van der Waals surface area contributed by atoms with Crippen molar-refractivity contribution >= 4 is 29.2 Å². The van der Waals surface area contributed by atoms with Crippen molar-refractivity contribution in [1.29, 1.82) is 0 Å². The van der Waals surface area contributed by atoms with E-state index in [0.717, 1.165) is 25.1 Å². The first-order chi connectivity index (χ1) is 11.1. The van der Waals surface area contributed by atoms with Gasteiger partial charge in [-0.15, -0.1) is 0 Å². The van der Waals surface area contributed by atoms with Crippen LogP contribution in [0.5, 0.6) is 0 Å². The Hall–Kier alpha value is -2.12. The molecule has 1 aromatic rings. The molecule has 8 heteroatoms. The Morgan fingerprint density at radius 3 is 2.61 bits per heavy atom. The van der Waals surface area contributed by atoms with Crippen molar-refractivity contribution in [3.8, 4) is 0 Å². The van der Waals surface area contributed by atoms with Crippen molar-refractivity contribution in [3.05, 3.63) is 35.6 Å². The van der Waals surface area contributed by atoms with Gasteiger partial charge in [-0.05, 0) is 19.0 Å². The number of nitrogens with one attached hydrogen (secondary N) is 1. The van der Waals surface area contributed by atoms with Gasteiger partial charge in [0, 0.05) is 31.4 Å². The SMILES string of the molecule is O=C1C=CC(=O)OC2(CCNCCCN2c2cncc(Cl)c2)O1. The van der Waals surface area contributed by atoms with E-state index in [1.54, 1.807) is 17.2 Å². The number of ether oxygens (including phenoxy) is 2. The predicted molar refractivity (Wildman–Crippen MR) is 82.8 cm³/mol. The Balaban J connectivity index is 2.03. The molecule has 7 nitrogen and oxygen atoms in total. The van der Waals surface area contributed by atoms with Gasteiger partial charge < -0.3 is 14.8 Å². The van der Waals surface area contributed by atoms with Gasteiger partial charge in [-0.25, -0.2) is 9.59 Å². The van der Waals surface area contributed by atoms with Crippen LogP contribution in [0.4, 0.5) is 5.69 Å². The molecule has 0 unspecified atom stereocenters. The summed E-state index contributed by atoms with van der Waals surface area (Å²) in [4.78, 5) is 29.6. The zero-order chi connectivity index (χ0) is 16.3. The molecule has 2 aliphatic rings. The number of hydrogen-bond donors (Lipinski definition) is 1. The number of carbonyl (C=O) groups excluding carboxylic acids is 2. The first kappa shape index (κ1) is 15.8. The highest BCUT2D eigenvalue weighted by Gasteiger charge is 2.46. The second-order valence-corrected chi connectivity index (χ2v) is 5.69. The van der Waals surface area contributed by atoms with Gasteiger partial charge in [-0.1, -0.05) is 11.6 Å². The van der Waals surface area contributed by atoms with E-state index in [0.29, 0.717) is 30.2 Å². The minimum Gasteiger partial charge on any atom is -0.400 e. The summed E-state index contributed by atoms with van der Waals surface area (Å²) in [6, 6.07) is 1.70. The molecule has 3 heterocycles. The second-order valence-electron chi connectivity index (χ2n) is 5.25. The van der Waals surface area contributed by atoms with E-state index in [9.17, 15) is 9.59 Å². The molecule has 1 aromatic heterocycles. The largest absolute Gasteiger partial charge is 0.400 e. The minimum absolute atomic E-state index is 0.290. The molecule has 1 spiro atoms. The summed E-state index contributed by atoms with van der Waals surface area (Å²) in [7, 11) is 0. The maximum Gasteiger partial charge on any atom is 0.344 e. The van der Waals surface area contributed by atoms with Crippen LogP contribution in [0, 0.1) is 0 Å². The number of anilines is 1. The zero-order valence-electron chi connectivity index (χ0n) is 12.3. The monoisotopic (exact) mass is 337 g/mol. The average molecular weight is 338 g/mol. The van der Waals surface area contributed by atoms with Gasteiger partial charge >= 0.3 is 17.8 Å². The van der Waals surface area contributed by atoms with Gasteiger partial charge in [0.15, 0.2) is 0 Å². The van der Waals surface area contributed by atoms with E-state index in [2.05, 4.69) is 10.3 Å². The van der Waals surface area contributed by atoms with Gasteiger partial charge in [0.05, 0.1) is 23.3 Å². The second kappa shape index (κ2) is 6.55. The lowest BCUT2D eigenvalue weighted by Gasteiger charge is -2.42. The maximum absolute atomic E-state index is 11.9. The highest BCUT2D eigenvalue weighted by Crippen LogP contribution is 2.33. The van der Waals surface area contributed by atoms with E-state index in [1.165, 1.54) is 6.20 Å². The van der Waals surface area contributed by atoms with E-state index in [4.69, 9.17) is 21.1 Å². The van der Waals surface area contributed by atoms with Gasteiger partial charge in [0.1, 0.15) is 0 Å². The van der Waals surface area contributed by atoms with Crippen LogP contribution in [0.3, 0.4) is 0 Å². The Morgan fingerprint density at radius 1 is 1.17 bits per heavy atom. The molecule has 23 heavy (non-hydrogen) atoms. The quantitative estimate of drug-likeness (QED) is 0.772.